The first-order chi connectivity index (χ1) is 7.79. The molecule has 0 radical (unpaired) electrons. The lowest BCUT2D eigenvalue weighted by Crippen LogP contribution is -2.48. The Morgan fingerprint density at radius 2 is 1.94 bits per heavy atom. The van der Waals surface area contributed by atoms with Gasteiger partial charge in [-0.3, -0.25) is 4.98 Å². The van der Waals surface area contributed by atoms with Crippen LogP contribution in [0.15, 0.2) is 24.4 Å². The van der Waals surface area contributed by atoms with E-state index in [0.29, 0.717) is 5.69 Å². The van der Waals surface area contributed by atoms with Crippen LogP contribution in [-0.2, 0) is 15.1 Å². The number of nitrogens with one attached hydrogen (secondary N) is 1. The Hall–Kier alpha value is -1.42. The summed E-state index contributed by atoms with van der Waals surface area (Å²) in [6.07, 6.45) is 1.66. The van der Waals surface area contributed by atoms with Crippen molar-refractivity contribution in [2.75, 3.05) is 7.05 Å². The summed E-state index contributed by atoms with van der Waals surface area (Å²) in [5.74, 6) is -0.328. The fourth-order valence-electron chi connectivity index (χ4n) is 1.37. The highest BCUT2D eigenvalue weighted by Crippen LogP contribution is 2.22. The maximum absolute atomic E-state index is 12.2. The summed E-state index contributed by atoms with van der Waals surface area (Å²) in [6.45, 7) is 7.31. The molecule has 0 bridgehead atoms. The zero-order valence-electron chi connectivity index (χ0n) is 11.1. The molecular formula is C13H20N2O2. The molecule has 0 saturated carbocycles. The van der Waals surface area contributed by atoms with Crippen molar-refractivity contribution in [3.8, 4) is 0 Å². The first-order valence-electron chi connectivity index (χ1n) is 5.63. The van der Waals surface area contributed by atoms with E-state index in [0.717, 1.165) is 0 Å². The molecule has 0 aliphatic rings. The largest absolute Gasteiger partial charge is 0.458 e. The zero-order valence-corrected chi connectivity index (χ0v) is 11.1. The van der Waals surface area contributed by atoms with Gasteiger partial charge in [-0.1, -0.05) is 6.07 Å². The molecular weight excluding hydrogens is 216 g/mol. The number of ether oxygens (including phenoxy) is 1. The number of aromatic nitrogens is 1. The van der Waals surface area contributed by atoms with E-state index in [2.05, 4.69) is 10.3 Å². The van der Waals surface area contributed by atoms with Crippen molar-refractivity contribution in [2.45, 2.75) is 38.8 Å². The number of hydrogen-bond donors (Lipinski definition) is 1. The van der Waals surface area contributed by atoms with E-state index in [1.807, 2.05) is 32.9 Å². The lowest BCUT2D eigenvalue weighted by Gasteiger charge is -2.30. The lowest BCUT2D eigenvalue weighted by molar-refractivity contribution is -0.163. The lowest BCUT2D eigenvalue weighted by atomic mass is 9.97. The second-order valence-corrected chi connectivity index (χ2v) is 5.09. The second-order valence-electron chi connectivity index (χ2n) is 5.09. The first kappa shape index (κ1) is 13.6. The molecule has 0 aliphatic heterocycles. The Morgan fingerprint density at radius 3 is 2.35 bits per heavy atom. The Balaban J connectivity index is 3.01. The highest BCUT2D eigenvalue weighted by atomic mass is 16.6. The Morgan fingerprint density at radius 1 is 1.29 bits per heavy atom. The molecule has 4 heteroatoms. The molecule has 1 atom stereocenters. The highest BCUT2D eigenvalue weighted by molar-refractivity contribution is 5.81. The highest BCUT2D eigenvalue weighted by Gasteiger charge is 2.38. The molecule has 94 valence electrons. The fraction of sp³-hybridized carbons (Fsp3) is 0.538. The summed E-state index contributed by atoms with van der Waals surface area (Å²) >= 11 is 0. The molecule has 0 spiro atoms. The van der Waals surface area contributed by atoms with Gasteiger partial charge in [-0.2, -0.15) is 0 Å². The summed E-state index contributed by atoms with van der Waals surface area (Å²) in [5, 5.41) is 2.98. The normalized spacial score (nSPS) is 15.1. The molecule has 1 heterocycles. The van der Waals surface area contributed by atoms with Gasteiger partial charge in [0.25, 0.3) is 0 Å². The minimum absolute atomic E-state index is 0.328. The third kappa shape index (κ3) is 3.27. The van der Waals surface area contributed by atoms with Crippen LogP contribution in [0, 0.1) is 0 Å². The first-order valence-corrected chi connectivity index (χ1v) is 5.63. The molecule has 0 amide bonds. The van der Waals surface area contributed by atoms with E-state index in [4.69, 9.17) is 4.74 Å². The van der Waals surface area contributed by atoms with Crippen LogP contribution in [0.2, 0.25) is 0 Å². The average molecular weight is 236 g/mol. The van der Waals surface area contributed by atoms with Crippen molar-refractivity contribution in [1.29, 1.82) is 0 Å². The van der Waals surface area contributed by atoms with Crippen LogP contribution >= 0.6 is 0 Å². The van der Waals surface area contributed by atoms with Crippen molar-refractivity contribution in [2.24, 2.45) is 0 Å². The van der Waals surface area contributed by atoms with Crippen LogP contribution in [0.5, 0.6) is 0 Å². The Kier molecular flexibility index (Phi) is 3.88. The van der Waals surface area contributed by atoms with Crippen LogP contribution in [0.3, 0.4) is 0 Å². The summed E-state index contributed by atoms with van der Waals surface area (Å²) in [4.78, 5) is 16.4. The van der Waals surface area contributed by atoms with Gasteiger partial charge in [0.2, 0.25) is 0 Å². The summed E-state index contributed by atoms with van der Waals surface area (Å²) in [7, 11) is 1.72. The maximum atomic E-state index is 12.2. The summed E-state index contributed by atoms with van der Waals surface area (Å²) in [5.41, 5.74) is -0.782. The minimum atomic E-state index is -0.922. The SMILES string of the molecule is CNC(C)(C(=O)OC(C)(C)C)c1ccccn1. The fourth-order valence-corrected chi connectivity index (χ4v) is 1.37. The number of likely N-dealkylation sites (N-methyl/N-ethyl adjacent to an activating group) is 1. The topological polar surface area (TPSA) is 51.2 Å². The van der Waals surface area contributed by atoms with Gasteiger partial charge in [0.05, 0.1) is 5.69 Å². The van der Waals surface area contributed by atoms with Gasteiger partial charge < -0.3 is 10.1 Å². The van der Waals surface area contributed by atoms with Crippen molar-refractivity contribution in [1.82, 2.24) is 10.3 Å². The van der Waals surface area contributed by atoms with E-state index in [9.17, 15) is 4.79 Å². The van der Waals surface area contributed by atoms with Crippen molar-refractivity contribution in [3.63, 3.8) is 0 Å². The molecule has 0 aromatic carbocycles. The van der Waals surface area contributed by atoms with Gasteiger partial charge in [0.1, 0.15) is 5.60 Å². The van der Waals surface area contributed by atoms with Crippen LogP contribution in [0.4, 0.5) is 0 Å². The molecule has 0 saturated heterocycles. The predicted octanol–water partition coefficient (Wildman–Crippen LogP) is 1.86. The number of pyridine rings is 1. The molecule has 1 unspecified atom stereocenters. The molecule has 1 aromatic heterocycles. The van der Waals surface area contributed by atoms with Crippen LogP contribution in [-0.4, -0.2) is 23.6 Å². The van der Waals surface area contributed by atoms with Gasteiger partial charge in [-0.25, -0.2) is 4.79 Å². The van der Waals surface area contributed by atoms with Gasteiger partial charge >= 0.3 is 5.97 Å². The van der Waals surface area contributed by atoms with E-state index in [1.54, 1.807) is 26.2 Å². The Bertz CT molecular complexity index is 384. The van der Waals surface area contributed by atoms with E-state index >= 15 is 0 Å². The van der Waals surface area contributed by atoms with E-state index in [-0.39, 0.29) is 5.97 Å². The van der Waals surface area contributed by atoms with Gasteiger partial charge in [-0.15, -0.1) is 0 Å². The van der Waals surface area contributed by atoms with E-state index in [1.165, 1.54) is 0 Å². The van der Waals surface area contributed by atoms with Crippen LogP contribution in [0.25, 0.3) is 0 Å². The smallest absolute Gasteiger partial charge is 0.332 e. The van der Waals surface area contributed by atoms with Crippen molar-refractivity contribution >= 4 is 5.97 Å². The quantitative estimate of drug-likeness (QED) is 0.814. The molecule has 17 heavy (non-hydrogen) atoms. The molecule has 1 rings (SSSR count). The number of carbonyl (C=O) groups is 1. The standard InChI is InChI=1S/C13H20N2O2/c1-12(2,3)17-11(16)13(4,14-5)10-8-6-7-9-15-10/h6-9,14H,1-5H3. The van der Waals surface area contributed by atoms with Crippen LogP contribution in [0.1, 0.15) is 33.4 Å². The predicted molar refractivity (Wildman–Crippen MR) is 66.5 cm³/mol. The summed E-state index contributed by atoms with van der Waals surface area (Å²) in [6, 6.07) is 5.47. The summed E-state index contributed by atoms with van der Waals surface area (Å²) < 4.78 is 5.41. The molecule has 1 N–H and O–H groups in total. The minimum Gasteiger partial charge on any atom is -0.458 e. The molecule has 0 fully saturated rings. The van der Waals surface area contributed by atoms with Crippen molar-refractivity contribution in [3.05, 3.63) is 30.1 Å². The number of rotatable bonds is 3. The van der Waals surface area contributed by atoms with Crippen LogP contribution < -0.4 is 5.32 Å². The van der Waals surface area contributed by atoms with Gasteiger partial charge in [-0.05, 0) is 46.9 Å². The molecule has 0 aliphatic carbocycles. The molecule has 1 aromatic rings. The number of esters is 1. The third-order valence-corrected chi connectivity index (χ3v) is 2.48. The second kappa shape index (κ2) is 4.84. The van der Waals surface area contributed by atoms with Crippen molar-refractivity contribution < 1.29 is 9.53 Å². The maximum Gasteiger partial charge on any atom is 0.332 e. The number of hydrogen-bond acceptors (Lipinski definition) is 4. The Labute approximate surface area is 102 Å². The van der Waals surface area contributed by atoms with Gasteiger partial charge in [0, 0.05) is 6.20 Å². The average Bonchev–Trinajstić information content (AvgIpc) is 2.27. The van der Waals surface area contributed by atoms with Gasteiger partial charge in [0.15, 0.2) is 5.54 Å². The number of nitrogens with zero attached hydrogens (tertiary/aromatic N) is 1. The monoisotopic (exact) mass is 236 g/mol. The third-order valence-electron chi connectivity index (χ3n) is 2.48. The zero-order chi connectivity index (χ0) is 13.1. The number of carbonyl (C=O) groups excluding carboxylic acids is 1. The molecule has 4 nitrogen and oxygen atoms in total. The van der Waals surface area contributed by atoms with E-state index < -0.39 is 11.1 Å².